The van der Waals surface area contributed by atoms with E-state index in [0.29, 0.717) is 12.2 Å². The van der Waals surface area contributed by atoms with Crippen molar-refractivity contribution in [2.75, 3.05) is 5.32 Å². The van der Waals surface area contributed by atoms with Gasteiger partial charge in [0.15, 0.2) is 14.8 Å². The summed E-state index contributed by atoms with van der Waals surface area (Å²) in [5.41, 5.74) is 1.94. The number of hydrogen-bond acceptors (Lipinski definition) is 4. The number of fused-ring (bicyclic) bond motifs is 1. The number of hydrogen-bond donors (Lipinski definition) is 2. The molecule has 0 radical (unpaired) electrons. The Hall–Kier alpha value is -3.19. The molecular weight excluding hydrogens is 500 g/mol. The zero-order chi connectivity index (χ0) is 28.0. The summed E-state index contributed by atoms with van der Waals surface area (Å²) >= 11 is 0. The third kappa shape index (κ3) is 7.91. The van der Waals surface area contributed by atoms with Gasteiger partial charge in [0.05, 0.1) is 6.10 Å². The molecule has 2 N–H and O–H groups in total. The summed E-state index contributed by atoms with van der Waals surface area (Å²) in [4.78, 5) is 12.8. The van der Waals surface area contributed by atoms with E-state index in [1.54, 1.807) is 6.07 Å². The molecule has 3 aromatic carbocycles. The minimum atomic E-state index is -1.31. The highest BCUT2D eigenvalue weighted by molar-refractivity contribution is 6.48. The quantitative estimate of drug-likeness (QED) is 0.193. The van der Waals surface area contributed by atoms with E-state index in [2.05, 4.69) is 93.9 Å². The van der Waals surface area contributed by atoms with Crippen LogP contribution in [0.15, 0.2) is 89.3 Å². The van der Waals surface area contributed by atoms with Crippen molar-refractivity contribution in [3.8, 4) is 0 Å². The summed E-state index contributed by atoms with van der Waals surface area (Å²) in [7, 11) is -1.31. The Balaban J connectivity index is 1.52. The normalized spacial score (nSPS) is 14.3. The van der Waals surface area contributed by atoms with Crippen LogP contribution in [-0.4, -0.2) is 27.1 Å². The number of amides is 1. The molecular formula is C33H42N2O3Si. The van der Waals surface area contributed by atoms with Crippen molar-refractivity contribution in [3.05, 3.63) is 102 Å². The van der Waals surface area contributed by atoms with E-state index < -0.39 is 9.04 Å². The molecule has 0 aliphatic carbocycles. The average Bonchev–Trinajstić information content (AvgIpc) is 3.38. The largest absolute Gasteiger partial charge is 0.456 e. The molecule has 6 heteroatoms. The van der Waals surface area contributed by atoms with Crippen molar-refractivity contribution in [2.24, 2.45) is 11.3 Å². The van der Waals surface area contributed by atoms with Crippen molar-refractivity contribution in [3.63, 3.8) is 0 Å². The van der Waals surface area contributed by atoms with E-state index in [9.17, 15) is 4.79 Å². The second-order valence-electron chi connectivity index (χ2n) is 11.8. The standard InChI is InChI=1S/C33H42N2O3Si/c1-23(34-22-24-16-17-25-12-10-11-13-26(25)20-24)29(31(33(2,3)4)38-39(5)6)21-28-18-19-30(37-28)32(36)35-27-14-8-7-9-15-27/h7-20,23,29,31,34,39H,21-22H2,1-6H3,(H,35,36). The second-order valence-corrected chi connectivity index (χ2v) is 14.1. The molecule has 3 atom stereocenters. The molecule has 206 valence electrons. The second kappa shape index (κ2) is 12.8. The van der Waals surface area contributed by atoms with Gasteiger partial charge in [0.25, 0.3) is 5.91 Å². The molecule has 0 aliphatic heterocycles. The number of furan rings is 1. The Kier molecular flexibility index (Phi) is 9.43. The molecule has 0 bridgehead atoms. The van der Waals surface area contributed by atoms with Crippen LogP contribution >= 0.6 is 0 Å². The average molecular weight is 543 g/mol. The van der Waals surface area contributed by atoms with Gasteiger partial charge in [-0.3, -0.25) is 4.79 Å². The molecule has 0 saturated carbocycles. The van der Waals surface area contributed by atoms with Gasteiger partial charge in [-0.05, 0) is 72.1 Å². The summed E-state index contributed by atoms with van der Waals surface area (Å²) in [6.07, 6.45) is 0.711. The first kappa shape index (κ1) is 28.8. The summed E-state index contributed by atoms with van der Waals surface area (Å²) in [5.74, 6) is 1.01. The van der Waals surface area contributed by atoms with Crippen molar-refractivity contribution < 1.29 is 13.6 Å². The zero-order valence-electron chi connectivity index (χ0n) is 24.0. The third-order valence-corrected chi connectivity index (χ3v) is 7.94. The summed E-state index contributed by atoms with van der Waals surface area (Å²) in [6, 6.07) is 28.4. The maximum atomic E-state index is 12.8. The van der Waals surface area contributed by atoms with Crippen LogP contribution in [-0.2, 0) is 17.4 Å². The van der Waals surface area contributed by atoms with E-state index in [1.165, 1.54) is 16.3 Å². The van der Waals surface area contributed by atoms with Crippen LogP contribution in [0.5, 0.6) is 0 Å². The van der Waals surface area contributed by atoms with Gasteiger partial charge in [-0.1, -0.05) is 75.4 Å². The minimum Gasteiger partial charge on any atom is -0.456 e. The topological polar surface area (TPSA) is 63.5 Å². The summed E-state index contributed by atoms with van der Waals surface area (Å²) < 4.78 is 12.8. The van der Waals surface area contributed by atoms with Crippen LogP contribution in [0.3, 0.4) is 0 Å². The predicted molar refractivity (Wildman–Crippen MR) is 164 cm³/mol. The smallest absolute Gasteiger partial charge is 0.291 e. The molecule has 1 amide bonds. The summed E-state index contributed by atoms with van der Waals surface area (Å²) in [5, 5.41) is 9.19. The minimum absolute atomic E-state index is 0.0370. The van der Waals surface area contributed by atoms with Gasteiger partial charge >= 0.3 is 0 Å². The highest BCUT2D eigenvalue weighted by Gasteiger charge is 2.37. The van der Waals surface area contributed by atoms with Crippen molar-refractivity contribution in [2.45, 2.75) is 65.9 Å². The lowest BCUT2D eigenvalue weighted by molar-refractivity contribution is 0.0169. The molecule has 0 spiro atoms. The maximum Gasteiger partial charge on any atom is 0.291 e. The van der Waals surface area contributed by atoms with Crippen LogP contribution in [0.25, 0.3) is 10.8 Å². The van der Waals surface area contributed by atoms with Crippen LogP contribution < -0.4 is 10.6 Å². The Morgan fingerprint density at radius 3 is 2.31 bits per heavy atom. The van der Waals surface area contributed by atoms with Crippen LogP contribution in [0.2, 0.25) is 13.1 Å². The van der Waals surface area contributed by atoms with Crippen LogP contribution in [0.4, 0.5) is 5.69 Å². The first-order valence-corrected chi connectivity index (χ1v) is 16.7. The van der Waals surface area contributed by atoms with Gasteiger partial charge in [-0.2, -0.15) is 0 Å². The SMILES string of the molecule is CC(NCc1ccc2ccccc2c1)C(Cc1ccc(C(=O)Nc2ccccc2)o1)C(O[SiH](C)C)C(C)(C)C. The van der Waals surface area contributed by atoms with Crippen LogP contribution in [0, 0.1) is 11.3 Å². The van der Waals surface area contributed by atoms with Gasteiger partial charge < -0.3 is 19.5 Å². The highest BCUT2D eigenvalue weighted by Crippen LogP contribution is 2.34. The van der Waals surface area contributed by atoms with Crippen molar-refractivity contribution in [1.82, 2.24) is 5.32 Å². The van der Waals surface area contributed by atoms with E-state index in [-0.39, 0.29) is 29.4 Å². The number of carbonyl (C=O) groups is 1. The predicted octanol–water partition coefficient (Wildman–Crippen LogP) is 7.44. The van der Waals surface area contributed by atoms with Gasteiger partial charge in [0.2, 0.25) is 0 Å². The third-order valence-electron chi connectivity index (χ3n) is 7.10. The lowest BCUT2D eigenvalue weighted by atomic mass is 9.76. The molecule has 4 rings (SSSR count). The number of anilines is 1. The first-order valence-electron chi connectivity index (χ1n) is 13.9. The molecule has 4 aromatic rings. The number of para-hydroxylation sites is 1. The molecule has 3 unspecified atom stereocenters. The Morgan fingerprint density at radius 2 is 1.62 bits per heavy atom. The number of nitrogens with one attached hydrogen (secondary N) is 2. The molecule has 0 aliphatic rings. The fourth-order valence-electron chi connectivity index (χ4n) is 5.12. The fraction of sp³-hybridized carbons (Fsp3) is 0.364. The van der Waals surface area contributed by atoms with Crippen LogP contribution in [0.1, 0.15) is 49.6 Å². The molecule has 1 heterocycles. The molecule has 0 fully saturated rings. The number of benzene rings is 3. The monoisotopic (exact) mass is 542 g/mol. The zero-order valence-corrected chi connectivity index (χ0v) is 25.2. The Morgan fingerprint density at radius 1 is 0.923 bits per heavy atom. The van der Waals surface area contributed by atoms with Crippen molar-refractivity contribution >= 4 is 31.4 Å². The lowest BCUT2D eigenvalue weighted by Gasteiger charge is -2.41. The highest BCUT2D eigenvalue weighted by atomic mass is 28.3. The van der Waals surface area contributed by atoms with Gasteiger partial charge in [0.1, 0.15) is 5.76 Å². The van der Waals surface area contributed by atoms with Crippen molar-refractivity contribution in [1.29, 1.82) is 0 Å². The van der Waals surface area contributed by atoms with E-state index in [1.807, 2.05) is 36.4 Å². The van der Waals surface area contributed by atoms with E-state index in [0.717, 1.165) is 18.0 Å². The number of rotatable bonds is 11. The van der Waals surface area contributed by atoms with E-state index in [4.69, 9.17) is 8.84 Å². The Labute approximate surface area is 234 Å². The molecule has 5 nitrogen and oxygen atoms in total. The first-order chi connectivity index (χ1) is 18.6. The lowest BCUT2D eigenvalue weighted by Crippen LogP contribution is -2.48. The van der Waals surface area contributed by atoms with Gasteiger partial charge in [0, 0.05) is 30.6 Å². The molecule has 0 saturated heterocycles. The maximum absolute atomic E-state index is 12.8. The van der Waals surface area contributed by atoms with Gasteiger partial charge in [-0.25, -0.2) is 0 Å². The molecule has 1 aromatic heterocycles. The molecule has 39 heavy (non-hydrogen) atoms. The summed E-state index contributed by atoms with van der Waals surface area (Å²) in [6.45, 7) is 14.2. The van der Waals surface area contributed by atoms with Gasteiger partial charge in [-0.15, -0.1) is 0 Å². The fourth-order valence-corrected chi connectivity index (χ4v) is 6.32. The van der Waals surface area contributed by atoms with E-state index >= 15 is 0 Å². The Bertz CT molecular complexity index is 1360. The number of carbonyl (C=O) groups excluding carboxylic acids is 1.